The summed E-state index contributed by atoms with van der Waals surface area (Å²) < 4.78 is 0. The molecule has 4 aliphatic rings. The smallest absolute Gasteiger partial charge is 0.156 e. The molecule has 5 atom stereocenters. The van der Waals surface area contributed by atoms with Crippen LogP contribution in [-0.4, -0.2) is 17.9 Å². The van der Waals surface area contributed by atoms with E-state index in [1.807, 2.05) is 6.08 Å². The number of rotatable bonds is 1. The molecular weight excluding hydrogens is 276 g/mol. The molecule has 2 saturated carbocycles. The van der Waals surface area contributed by atoms with E-state index >= 15 is 0 Å². The highest BCUT2D eigenvalue weighted by Gasteiger charge is 2.59. The van der Waals surface area contributed by atoms with Gasteiger partial charge in [-0.2, -0.15) is 0 Å². The fourth-order valence-electron chi connectivity index (χ4n) is 5.72. The molecule has 2 fully saturated rings. The van der Waals surface area contributed by atoms with Gasteiger partial charge in [0.1, 0.15) is 12.1 Å². The Morgan fingerprint density at radius 3 is 2.73 bits per heavy atom. The van der Waals surface area contributed by atoms with Crippen molar-refractivity contribution in [3.05, 3.63) is 23.8 Å². The van der Waals surface area contributed by atoms with Crippen molar-refractivity contribution in [2.75, 3.05) is 0 Å². The third kappa shape index (κ3) is 1.60. The molecule has 116 valence electrons. The van der Waals surface area contributed by atoms with E-state index in [9.17, 15) is 14.4 Å². The normalized spacial score (nSPS) is 46.6. The number of aldehydes is 1. The summed E-state index contributed by atoms with van der Waals surface area (Å²) in [5, 5.41) is 0. The molecular formula is C19H22O3. The number of ketones is 2. The summed E-state index contributed by atoms with van der Waals surface area (Å²) in [6, 6.07) is 0. The molecule has 0 amide bonds. The van der Waals surface area contributed by atoms with Gasteiger partial charge < -0.3 is 4.79 Å². The number of hydrogen-bond acceptors (Lipinski definition) is 3. The highest BCUT2D eigenvalue weighted by molar-refractivity contribution is 5.94. The lowest BCUT2D eigenvalue weighted by molar-refractivity contribution is -0.132. The van der Waals surface area contributed by atoms with E-state index in [1.165, 1.54) is 0 Å². The number of hydrogen-bond donors (Lipinski definition) is 0. The van der Waals surface area contributed by atoms with Gasteiger partial charge in [0.2, 0.25) is 0 Å². The van der Waals surface area contributed by atoms with Crippen molar-refractivity contribution in [2.24, 2.45) is 28.6 Å². The summed E-state index contributed by atoms with van der Waals surface area (Å²) in [4.78, 5) is 36.1. The maximum atomic E-state index is 12.3. The molecule has 0 aliphatic heterocycles. The average Bonchev–Trinajstić information content (AvgIpc) is 2.82. The summed E-state index contributed by atoms with van der Waals surface area (Å²) in [5.74, 6) is 1.47. The summed E-state index contributed by atoms with van der Waals surface area (Å²) in [6.07, 6.45) is 11.5. The standard InChI is InChI=1S/C19H22O3/c1-18-8-7-16-14(15(18)4-5-17(18)22)3-2-12-10-13(21)6-9-19(12,16)11-20/h2-3,10-11,14-16H,4-9H2,1H3/t14-,15-,16-,18-,19+/m0/s1. The zero-order valence-corrected chi connectivity index (χ0v) is 13.0. The molecule has 0 aromatic heterocycles. The van der Waals surface area contributed by atoms with E-state index in [-0.39, 0.29) is 17.1 Å². The summed E-state index contributed by atoms with van der Waals surface area (Å²) in [6.45, 7) is 2.13. The van der Waals surface area contributed by atoms with Crippen molar-refractivity contribution in [3.63, 3.8) is 0 Å². The van der Waals surface area contributed by atoms with E-state index in [1.54, 1.807) is 6.08 Å². The lowest BCUT2D eigenvalue weighted by Gasteiger charge is -2.53. The first-order valence-electron chi connectivity index (χ1n) is 8.44. The highest BCUT2D eigenvalue weighted by atomic mass is 16.1. The summed E-state index contributed by atoms with van der Waals surface area (Å²) >= 11 is 0. The van der Waals surface area contributed by atoms with Crippen molar-refractivity contribution in [3.8, 4) is 0 Å². The highest BCUT2D eigenvalue weighted by Crippen LogP contribution is 2.62. The van der Waals surface area contributed by atoms with Crippen molar-refractivity contribution in [1.82, 2.24) is 0 Å². The van der Waals surface area contributed by atoms with Crippen molar-refractivity contribution < 1.29 is 14.4 Å². The largest absolute Gasteiger partial charge is 0.302 e. The first-order valence-corrected chi connectivity index (χ1v) is 8.44. The molecule has 22 heavy (non-hydrogen) atoms. The Bertz CT molecular complexity index is 629. The Morgan fingerprint density at radius 2 is 1.95 bits per heavy atom. The van der Waals surface area contributed by atoms with Crippen LogP contribution in [0.4, 0.5) is 0 Å². The number of fused-ring (bicyclic) bond motifs is 5. The van der Waals surface area contributed by atoms with E-state index in [2.05, 4.69) is 13.0 Å². The van der Waals surface area contributed by atoms with Gasteiger partial charge in [-0.3, -0.25) is 9.59 Å². The molecule has 4 aliphatic carbocycles. The molecule has 3 heteroatoms. The van der Waals surface area contributed by atoms with E-state index in [0.29, 0.717) is 36.9 Å². The van der Waals surface area contributed by atoms with Crippen LogP contribution < -0.4 is 0 Å². The molecule has 0 radical (unpaired) electrons. The summed E-state index contributed by atoms with van der Waals surface area (Å²) in [7, 11) is 0. The van der Waals surface area contributed by atoms with Crippen LogP contribution in [0.5, 0.6) is 0 Å². The molecule has 0 unspecified atom stereocenters. The SMILES string of the molecule is C[C@]12CC[C@H]3[C@@H](C=CC4=CC(=O)CC[C@@]43C=O)[C@@H]1CCC2=O. The second kappa shape index (κ2) is 4.50. The Morgan fingerprint density at radius 1 is 1.14 bits per heavy atom. The van der Waals surface area contributed by atoms with Crippen LogP contribution >= 0.6 is 0 Å². The van der Waals surface area contributed by atoms with Gasteiger partial charge in [0.15, 0.2) is 5.78 Å². The first-order chi connectivity index (χ1) is 10.5. The van der Waals surface area contributed by atoms with Crippen LogP contribution in [0.3, 0.4) is 0 Å². The summed E-state index contributed by atoms with van der Waals surface area (Å²) in [5.41, 5.74) is 0.231. The minimum Gasteiger partial charge on any atom is -0.302 e. The topological polar surface area (TPSA) is 51.2 Å². The zero-order chi connectivity index (χ0) is 15.5. The van der Waals surface area contributed by atoms with E-state index < -0.39 is 5.41 Å². The zero-order valence-electron chi connectivity index (χ0n) is 13.0. The third-order valence-corrected chi connectivity index (χ3v) is 7.05. The Hall–Kier alpha value is -1.51. The van der Waals surface area contributed by atoms with Gasteiger partial charge in [0.25, 0.3) is 0 Å². The van der Waals surface area contributed by atoms with Gasteiger partial charge in [0.05, 0.1) is 5.41 Å². The molecule has 0 heterocycles. The van der Waals surface area contributed by atoms with Crippen LogP contribution in [0, 0.1) is 28.6 Å². The Kier molecular flexibility index (Phi) is 2.88. The molecule has 0 spiro atoms. The molecule has 4 rings (SSSR count). The second-order valence-electron chi connectivity index (χ2n) is 7.79. The number of carbonyl (C=O) groups is 3. The van der Waals surface area contributed by atoms with Crippen molar-refractivity contribution >= 4 is 17.9 Å². The fraction of sp³-hybridized carbons (Fsp3) is 0.632. The minimum atomic E-state index is -0.486. The first kappa shape index (κ1) is 14.1. The van der Waals surface area contributed by atoms with Crippen LogP contribution in [0.15, 0.2) is 23.8 Å². The minimum absolute atomic E-state index is 0.132. The van der Waals surface area contributed by atoms with Crippen LogP contribution in [0.1, 0.15) is 45.4 Å². The maximum absolute atomic E-state index is 12.3. The van der Waals surface area contributed by atoms with Gasteiger partial charge in [-0.25, -0.2) is 0 Å². The van der Waals surface area contributed by atoms with Crippen LogP contribution in [0.25, 0.3) is 0 Å². The lowest BCUT2D eigenvalue weighted by atomic mass is 9.49. The average molecular weight is 298 g/mol. The van der Waals surface area contributed by atoms with Crippen molar-refractivity contribution in [2.45, 2.75) is 45.4 Å². The number of allylic oxidation sites excluding steroid dienone is 4. The Balaban J connectivity index is 1.80. The van der Waals surface area contributed by atoms with Crippen LogP contribution in [-0.2, 0) is 14.4 Å². The van der Waals surface area contributed by atoms with Gasteiger partial charge in [-0.15, -0.1) is 0 Å². The molecule has 0 saturated heterocycles. The molecule has 0 bridgehead atoms. The number of Topliss-reactive ketones (excluding diaryl/α,β-unsaturated/α-hetero) is 1. The predicted molar refractivity (Wildman–Crippen MR) is 82.0 cm³/mol. The van der Waals surface area contributed by atoms with E-state index in [4.69, 9.17) is 0 Å². The molecule has 0 N–H and O–H groups in total. The van der Waals surface area contributed by atoms with Gasteiger partial charge in [0, 0.05) is 18.3 Å². The third-order valence-electron chi connectivity index (χ3n) is 7.05. The predicted octanol–water partition coefficient (Wildman–Crippen LogP) is 3.04. The quantitative estimate of drug-likeness (QED) is 0.699. The van der Waals surface area contributed by atoms with Gasteiger partial charge in [-0.1, -0.05) is 19.1 Å². The van der Waals surface area contributed by atoms with Gasteiger partial charge in [-0.05, 0) is 55.1 Å². The van der Waals surface area contributed by atoms with Crippen LogP contribution in [0.2, 0.25) is 0 Å². The van der Waals surface area contributed by atoms with Crippen molar-refractivity contribution in [1.29, 1.82) is 0 Å². The maximum Gasteiger partial charge on any atom is 0.156 e. The second-order valence-corrected chi connectivity index (χ2v) is 7.79. The molecule has 0 aromatic rings. The Labute approximate surface area is 130 Å². The molecule has 3 nitrogen and oxygen atoms in total. The van der Waals surface area contributed by atoms with Gasteiger partial charge >= 0.3 is 0 Å². The monoisotopic (exact) mass is 298 g/mol. The van der Waals surface area contributed by atoms with E-state index in [0.717, 1.165) is 31.1 Å². The fourth-order valence-corrected chi connectivity index (χ4v) is 5.72. The molecule has 0 aromatic carbocycles. The number of carbonyl (C=O) groups excluding carboxylic acids is 3. The lowest BCUT2D eigenvalue weighted by Crippen LogP contribution is -2.50.